The van der Waals surface area contributed by atoms with Crippen molar-refractivity contribution in [1.29, 1.82) is 0 Å². The van der Waals surface area contributed by atoms with Crippen LogP contribution in [-0.4, -0.2) is 32.1 Å². The van der Waals surface area contributed by atoms with Gasteiger partial charge < -0.3 is 0 Å². The van der Waals surface area contributed by atoms with E-state index in [0.29, 0.717) is 21.4 Å². The van der Waals surface area contributed by atoms with Crippen LogP contribution in [0, 0.1) is 0 Å². The fourth-order valence-corrected chi connectivity index (χ4v) is 2.95. The molecule has 14 heavy (non-hydrogen) atoms. The maximum atomic E-state index is 10.4. The molecular weight excluding hydrogens is 245 g/mol. The molecule has 1 unspecified atom stereocenters. The first-order valence-corrected chi connectivity index (χ1v) is 6.43. The van der Waals surface area contributed by atoms with Gasteiger partial charge in [0.15, 0.2) is 0 Å². The predicted molar refractivity (Wildman–Crippen MR) is 56.9 cm³/mol. The van der Waals surface area contributed by atoms with Gasteiger partial charge in [0, 0.05) is 0 Å². The summed E-state index contributed by atoms with van der Waals surface area (Å²) >= 11 is 0.342. The summed E-state index contributed by atoms with van der Waals surface area (Å²) in [5, 5.41) is 9.44. The fraction of sp³-hybridized carbons (Fsp3) is 0.300. The third-order valence-electron chi connectivity index (χ3n) is 1.76. The van der Waals surface area contributed by atoms with Crippen molar-refractivity contribution in [3.05, 3.63) is 30.3 Å². The Morgan fingerprint density at radius 2 is 2.07 bits per heavy atom. The Labute approximate surface area is 89.5 Å². The fourth-order valence-electron chi connectivity index (χ4n) is 0.944. The van der Waals surface area contributed by atoms with E-state index in [2.05, 4.69) is 12.1 Å². The van der Waals surface area contributed by atoms with Crippen molar-refractivity contribution in [2.75, 3.05) is 0 Å². The predicted octanol–water partition coefficient (Wildman–Crippen LogP) is 0.236. The van der Waals surface area contributed by atoms with E-state index in [1.54, 1.807) is 0 Å². The molecule has 0 amide bonds. The summed E-state index contributed by atoms with van der Waals surface area (Å²) in [6, 6.07) is 9.38. The second-order valence-corrected chi connectivity index (χ2v) is 5.35. The number of aliphatic carboxylic acids is 1. The molecule has 0 aliphatic heterocycles. The molecule has 0 saturated carbocycles. The van der Waals surface area contributed by atoms with E-state index in [4.69, 9.17) is 10.8 Å². The monoisotopic (exact) mass is 259 g/mol. The van der Waals surface area contributed by atoms with E-state index in [1.165, 1.54) is 4.46 Å². The SMILES string of the molecule is NC(CC[Se]c1ccccc1)C(=O)O. The zero-order valence-corrected chi connectivity index (χ0v) is 9.43. The summed E-state index contributed by atoms with van der Waals surface area (Å²) in [7, 11) is 0. The van der Waals surface area contributed by atoms with E-state index in [-0.39, 0.29) is 0 Å². The molecular formula is C10H13NO2Se. The Hall–Kier alpha value is -0.831. The van der Waals surface area contributed by atoms with Crippen LogP contribution in [0.5, 0.6) is 0 Å². The maximum absolute atomic E-state index is 10.4. The van der Waals surface area contributed by atoms with Crippen molar-refractivity contribution in [2.45, 2.75) is 17.8 Å². The zero-order valence-electron chi connectivity index (χ0n) is 7.72. The molecule has 76 valence electrons. The van der Waals surface area contributed by atoms with Crippen LogP contribution in [0.3, 0.4) is 0 Å². The van der Waals surface area contributed by atoms with E-state index < -0.39 is 12.0 Å². The summed E-state index contributed by atoms with van der Waals surface area (Å²) in [6.45, 7) is 0. The number of benzene rings is 1. The average Bonchev–Trinajstić information content (AvgIpc) is 2.19. The number of carboxylic acids is 1. The van der Waals surface area contributed by atoms with Crippen molar-refractivity contribution < 1.29 is 9.90 Å². The average molecular weight is 258 g/mol. The van der Waals surface area contributed by atoms with Crippen molar-refractivity contribution in [2.24, 2.45) is 5.73 Å². The number of hydrogen-bond donors (Lipinski definition) is 2. The first-order chi connectivity index (χ1) is 6.70. The second kappa shape index (κ2) is 5.81. The van der Waals surface area contributed by atoms with Gasteiger partial charge in [0.2, 0.25) is 0 Å². The van der Waals surface area contributed by atoms with Crippen molar-refractivity contribution in [3.63, 3.8) is 0 Å². The molecule has 0 aliphatic rings. The van der Waals surface area contributed by atoms with Crippen LogP contribution in [0.2, 0.25) is 5.32 Å². The molecule has 0 heterocycles. The Morgan fingerprint density at radius 1 is 1.43 bits per heavy atom. The molecule has 0 radical (unpaired) electrons. The molecule has 3 nitrogen and oxygen atoms in total. The van der Waals surface area contributed by atoms with E-state index in [9.17, 15) is 4.79 Å². The summed E-state index contributed by atoms with van der Waals surface area (Å²) in [5.41, 5.74) is 5.39. The van der Waals surface area contributed by atoms with Crippen LogP contribution in [0.15, 0.2) is 30.3 Å². The van der Waals surface area contributed by atoms with Crippen LogP contribution >= 0.6 is 0 Å². The third-order valence-corrected chi connectivity index (χ3v) is 3.95. The van der Waals surface area contributed by atoms with Gasteiger partial charge in [-0.15, -0.1) is 0 Å². The first kappa shape index (κ1) is 11.2. The van der Waals surface area contributed by atoms with Gasteiger partial charge in [-0.25, -0.2) is 0 Å². The van der Waals surface area contributed by atoms with Crippen LogP contribution in [0.1, 0.15) is 6.42 Å². The Bertz CT molecular complexity index is 289. The molecule has 3 N–H and O–H groups in total. The number of carbonyl (C=O) groups is 1. The van der Waals surface area contributed by atoms with E-state index >= 15 is 0 Å². The third kappa shape index (κ3) is 3.92. The molecule has 1 aromatic carbocycles. The van der Waals surface area contributed by atoms with Gasteiger partial charge in [-0.3, -0.25) is 0 Å². The molecule has 4 heteroatoms. The van der Waals surface area contributed by atoms with Crippen LogP contribution in [0.25, 0.3) is 0 Å². The molecule has 0 aliphatic carbocycles. The molecule has 0 spiro atoms. The van der Waals surface area contributed by atoms with Crippen LogP contribution in [0.4, 0.5) is 0 Å². The van der Waals surface area contributed by atoms with Gasteiger partial charge in [0.1, 0.15) is 0 Å². The molecule has 0 saturated heterocycles. The van der Waals surface area contributed by atoms with Gasteiger partial charge in [-0.2, -0.15) is 0 Å². The topological polar surface area (TPSA) is 63.3 Å². The Balaban J connectivity index is 2.26. The van der Waals surface area contributed by atoms with Crippen LogP contribution in [-0.2, 0) is 4.79 Å². The second-order valence-electron chi connectivity index (χ2n) is 2.89. The molecule has 1 atom stereocenters. The first-order valence-electron chi connectivity index (χ1n) is 4.36. The van der Waals surface area contributed by atoms with E-state index in [0.717, 1.165) is 5.32 Å². The summed E-state index contributed by atoms with van der Waals surface area (Å²) in [6.07, 6.45) is 0.560. The van der Waals surface area contributed by atoms with Gasteiger partial charge in [-0.1, -0.05) is 0 Å². The van der Waals surface area contributed by atoms with Crippen molar-refractivity contribution >= 4 is 25.4 Å². The van der Waals surface area contributed by atoms with Crippen LogP contribution < -0.4 is 10.2 Å². The zero-order chi connectivity index (χ0) is 10.4. The summed E-state index contributed by atoms with van der Waals surface area (Å²) in [5.74, 6) is -0.908. The van der Waals surface area contributed by atoms with Gasteiger partial charge in [0.05, 0.1) is 0 Å². The van der Waals surface area contributed by atoms with Crippen molar-refractivity contribution in [3.8, 4) is 0 Å². The summed E-state index contributed by atoms with van der Waals surface area (Å²) in [4.78, 5) is 10.4. The number of hydrogen-bond acceptors (Lipinski definition) is 2. The van der Waals surface area contributed by atoms with Gasteiger partial charge in [-0.05, 0) is 0 Å². The van der Waals surface area contributed by atoms with Gasteiger partial charge in [0.25, 0.3) is 0 Å². The Kier molecular flexibility index (Phi) is 4.66. The number of nitrogens with two attached hydrogens (primary N) is 1. The number of rotatable bonds is 5. The number of carboxylic acid groups (broad SMARTS) is 1. The quantitative estimate of drug-likeness (QED) is 0.743. The Morgan fingerprint density at radius 3 is 2.64 bits per heavy atom. The normalized spacial score (nSPS) is 12.4. The minimum absolute atomic E-state index is 0.342. The van der Waals surface area contributed by atoms with Crippen molar-refractivity contribution in [1.82, 2.24) is 0 Å². The molecule has 0 bridgehead atoms. The molecule has 0 fully saturated rings. The molecule has 1 aromatic rings. The molecule has 1 rings (SSSR count). The van der Waals surface area contributed by atoms with E-state index in [1.807, 2.05) is 18.2 Å². The van der Waals surface area contributed by atoms with Gasteiger partial charge >= 0.3 is 89.1 Å². The minimum atomic E-state index is -0.908. The summed E-state index contributed by atoms with van der Waals surface area (Å²) < 4.78 is 1.29. The molecule has 0 aromatic heterocycles. The standard InChI is InChI=1S/C10H13NO2Se/c11-9(10(12)13)6-7-14-8-4-2-1-3-5-8/h1-5,9H,6-7,11H2,(H,12,13).